The molecule has 0 rings (SSSR count). The number of hydrogen-bond acceptors (Lipinski definition) is 2. The van der Waals surface area contributed by atoms with Gasteiger partial charge in [-0.3, -0.25) is 9.18 Å². The normalized spacial score (nSPS) is 12.7. The molecule has 0 aromatic heterocycles. The van der Waals surface area contributed by atoms with Gasteiger partial charge >= 0.3 is 5.97 Å². The maximum Gasteiger partial charge on any atom is 0.305 e. The standard InChI is InChI=1S/C7H13FO2/c1-6(5-8)3-4-7(9)10-2/h6H,3-5H2,1-2H3. The topological polar surface area (TPSA) is 26.3 Å². The predicted octanol–water partition coefficient (Wildman–Crippen LogP) is 1.55. The molecule has 60 valence electrons. The Bertz CT molecular complexity index is 104. The molecule has 0 fully saturated rings. The Labute approximate surface area is 60.4 Å². The van der Waals surface area contributed by atoms with Gasteiger partial charge in [0.15, 0.2) is 0 Å². The Hall–Kier alpha value is -0.600. The quantitative estimate of drug-likeness (QED) is 0.565. The lowest BCUT2D eigenvalue weighted by molar-refractivity contribution is -0.140. The molecule has 0 heterocycles. The minimum Gasteiger partial charge on any atom is -0.469 e. The summed E-state index contributed by atoms with van der Waals surface area (Å²) in [6, 6.07) is 0. The third-order valence-electron chi connectivity index (χ3n) is 1.33. The summed E-state index contributed by atoms with van der Waals surface area (Å²) >= 11 is 0. The first kappa shape index (κ1) is 9.40. The van der Waals surface area contributed by atoms with Crippen LogP contribution in [0.5, 0.6) is 0 Å². The van der Waals surface area contributed by atoms with Gasteiger partial charge in [-0.25, -0.2) is 0 Å². The molecular formula is C7H13FO2. The first-order valence-electron chi connectivity index (χ1n) is 3.33. The van der Waals surface area contributed by atoms with E-state index in [1.807, 2.05) is 0 Å². The molecule has 0 aliphatic heterocycles. The van der Waals surface area contributed by atoms with E-state index in [1.165, 1.54) is 7.11 Å². The zero-order valence-corrected chi connectivity index (χ0v) is 6.39. The lowest BCUT2D eigenvalue weighted by Gasteiger charge is -2.03. The van der Waals surface area contributed by atoms with Gasteiger partial charge in [0.05, 0.1) is 13.8 Å². The highest BCUT2D eigenvalue weighted by molar-refractivity contribution is 5.69. The van der Waals surface area contributed by atoms with Gasteiger partial charge in [0.1, 0.15) is 0 Å². The third-order valence-corrected chi connectivity index (χ3v) is 1.33. The van der Waals surface area contributed by atoms with E-state index >= 15 is 0 Å². The molecular weight excluding hydrogens is 135 g/mol. The van der Waals surface area contributed by atoms with Crippen molar-refractivity contribution in [3.8, 4) is 0 Å². The van der Waals surface area contributed by atoms with Crippen LogP contribution in [-0.2, 0) is 9.53 Å². The van der Waals surface area contributed by atoms with Crippen molar-refractivity contribution >= 4 is 5.97 Å². The maximum atomic E-state index is 11.8. The molecule has 0 aromatic carbocycles. The van der Waals surface area contributed by atoms with Crippen molar-refractivity contribution in [1.29, 1.82) is 0 Å². The minimum absolute atomic E-state index is 0.0286. The van der Waals surface area contributed by atoms with Crippen molar-refractivity contribution < 1.29 is 13.9 Å². The van der Waals surface area contributed by atoms with E-state index in [0.29, 0.717) is 12.8 Å². The van der Waals surface area contributed by atoms with Crippen LogP contribution in [-0.4, -0.2) is 19.8 Å². The highest BCUT2D eigenvalue weighted by Gasteiger charge is 2.05. The summed E-state index contributed by atoms with van der Waals surface area (Å²) in [4.78, 5) is 10.5. The zero-order valence-electron chi connectivity index (χ0n) is 6.39. The van der Waals surface area contributed by atoms with Gasteiger partial charge in [-0.05, 0) is 12.3 Å². The number of esters is 1. The average Bonchev–Trinajstić information content (AvgIpc) is 1.99. The van der Waals surface area contributed by atoms with Crippen LogP contribution in [0.1, 0.15) is 19.8 Å². The monoisotopic (exact) mass is 148 g/mol. The number of carbonyl (C=O) groups is 1. The van der Waals surface area contributed by atoms with Crippen LogP contribution in [0.15, 0.2) is 0 Å². The van der Waals surface area contributed by atoms with E-state index in [9.17, 15) is 9.18 Å². The largest absolute Gasteiger partial charge is 0.469 e. The Morgan fingerprint density at radius 1 is 1.70 bits per heavy atom. The number of alkyl halides is 1. The van der Waals surface area contributed by atoms with E-state index < -0.39 is 0 Å². The van der Waals surface area contributed by atoms with Crippen LogP contribution in [0.2, 0.25) is 0 Å². The van der Waals surface area contributed by atoms with Crippen molar-refractivity contribution in [3.05, 3.63) is 0 Å². The van der Waals surface area contributed by atoms with Crippen molar-refractivity contribution in [1.82, 2.24) is 0 Å². The van der Waals surface area contributed by atoms with Gasteiger partial charge in [0, 0.05) is 6.42 Å². The molecule has 0 spiro atoms. The highest BCUT2D eigenvalue weighted by atomic mass is 19.1. The molecule has 2 nitrogen and oxygen atoms in total. The minimum atomic E-state index is -0.364. The summed E-state index contributed by atoms with van der Waals surface area (Å²) in [6.07, 6.45) is 0.894. The summed E-state index contributed by atoms with van der Waals surface area (Å²) in [5.41, 5.74) is 0. The fourth-order valence-corrected chi connectivity index (χ4v) is 0.543. The third kappa shape index (κ3) is 4.30. The Morgan fingerprint density at radius 3 is 2.70 bits per heavy atom. The number of rotatable bonds is 4. The summed E-state index contributed by atoms with van der Waals surface area (Å²) in [7, 11) is 1.34. The molecule has 1 atom stereocenters. The molecule has 0 saturated carbocycles. The van der Waals surface area contributed by atoms with Crippen LogP contribution in [0.3, 0.4) is 0 Å². The molecule has 0 bridgehead atoms. The SMILES string of the molecule is COC(=O)CCC(C)CF. The van der Waals surface area contributed by atoms with Gasteiger partial charge in [0.2, 0.25) is 0 Å². The second kappa shape index (κ2) is 5.21. The average molecular weight is 148 g/mol. The summed E-state index contributed by atoms with van der Waals surface area (Å²) in [5.74, 6) is -0.292. The predicted molar refractivity (Wildman–Crippen MR) is 36.4 cm³/mol. The van der Waals surface area contributed by atoms with Crippen molar-refractivity contribution in [2.24, 2.45) is 5.92 Å². The number of methoxy groups -OCH3 is 1. The Kier molecular flexibility index (Phi) is 4.89. The molecule has 0 aromatic rings. The van der Waals surface area contributed by atoms with Crippen LogP contribution in [0, 0.1) is 5.92 Å². The molecule has 0 saturated heterocycles. The number of ether oxygens (including phenoxy) is 1. The van der Waals surface area contributed by atoms with E-state index in [-0.39, 0.29) is 18.6 Å². The van der Waals surface area contributed by atoms with Gasteiger partial charge in [-0.1, -0.05) is 6.92 Å². The molecule has 0 aliphatic rings. The van der Waals surface area contributed by atoms with Crippen LogP contribution in [0.25, 0.3) is 0 Å². The van der Waals surface area contributed by atoms with Crippen molar-refractivity contribution in [2.45, 2.75) is 19.8 Å². The first-order chi connectivity index (χ1) is 4.70. The van der Waals surface area contributed by atoms with Gasteiger partial charge in [0.25, 0.3) is 0 Å². The number of carbonyl (C=O) groups excluding carboxylic acids is 1. The molecule has 3 heteroatoms. The van der Waals surface area contributed by atoms with Crippen LogP contribution >= 0.6 is 0 Å². The summed E-state index contributed by atoms with van der Waals surface area (Å²) < 4.78 is 16.2. The van der Waals surface area contributed by atoms with E-state index in [0.717, 1.165) is 0 Å². The smallest absolute Gasteiger partial charge is 0.305 e. The second-order valence-corrected chi connectivity index (χ2v) is 2.37. The van der Waals surface area contributed by atoms with Crippen molar-refractivity contribution in [2.75, 3.05) is 13.8 Å². The molecule has 0 aliphatic carbocycles. The molecule has 0 amide bonds. The number of halogens is 1. The number of hydrogen-bond donors (Lipinski definition) is 0. The molecule has 0 N–H and O–H groups in total. The lowest BCUT2D eigenvalue weighted by atomic mass is 10.1. The highest BCUT2D eigenvalue weighted by Crippen LogP contribution is 2.05. The molecule has 0 radical (unpaired) electrons. The maximum absolute atomic E-state index is 11.8. The van der Waals surface area contributed by atoms with Gasteiger partial charge in [-0.2, -0.15) is 0 Å². The van der Waals surface area contributed by atoms with Crippen LogP contribution < -0.4 is 0 Å². The summed E-state index contributed by atoms with van der Waals surface area (Å²) in [6.45, 7) is 1.40. The van der Waals surface area contributed by atoms with E-state index in [1.54, 1.807) is 6.92 Å². The summed E-state index contributed by atoms with van der Waals surface area (Å²) in [5, 5.41) is 0. The molecule has 10 heavy (non-hydrogen) atoms. The fourth-order valence-electron chi connectivity index (χ4n) is 0.543. The van der Waals surface area contributed by atoms with E-state index in [4.69, 9.17) is 0 Å². The van der Waals surface area contributed by atoms with Crippen molar-refractivity contribution in [3.63, 3.8) is 0 Å². The van der Waals surface area contributed by atoms with Crippen LogP contribution in [0.4, 0.5) is 4.39 Å². The van der Waals surface area contributed by atoms with Gasteiger partial charge < -0.3 is 4.74 Å². The zero-order chi connectivity index (χ0) is 7.98. The van der Waals surface area contributed by atoms with E-state index in [2.05, 4.69) is 4.74 Å². The van der Waals surface area contributed by atoms with Gasteiger partial charge in [-0.15, -0.1) is 0 Å². The molecule has 1 unspecified atom stereocenters. The first-order valence-corrected chi connectivity index (χ1v) is 3.33. The second-order valence-electron chi connectivity index (χ2n) is 2.37. The lowest BCUT2D eigenvalue weighted by Crippen LogP contribution is -2.04. The fraction of sp³-hybridized carbons (Fsp3) is 0.857. The Balaban J connectivity index is 3.26. The Morgan fingerprint density at radius 2 is 2.30 bits per heavy atom.